The molecule has 0 aromatic rings. The Morgan fingerprint density at radius 3 is 2.36 bits per heavy atom. The average molecular weight is 310 g/mol. The van der Waals surface area contributed by atoms with Crippen LogP contribution in [-0.4, -0.2) is 62.2 Å². The Kier molecular flexibility index (Phi) is 7.90. The zero-order valence-corrected chi connectivity index (χ0v) is 15.1. The first kappa shape index (κ1) is 19.0. The second kappa shape index (κ2) is 9.16. The summed E-state index contributed by atoms with van der Waals surface area (Å²) in [5.41, 5.74) is 1.41. The van der Waals surface area contributed by atoms with Gasteiger partial charge in [-0.3, -0.25) is 9.89 Å². The molecule has 0 atom stereocenters. The summed E-state index contributed by atoms with van der Waals surface area (Å²) in [4.78, 5) is 6.80. The van der Waals surface area contributed by atoms with E-state index < -0.39 is 0 Å². The van der Waals surface area contributed by atoms with Crippen molar-refractivity contribution in [2.24, 2.45) is 4.99 Å². The highest BCUT2D eigenvalue weighted by Gasteiger charge is 2.19. The van der Waals surface area contributed by atoms with E-state index in [-0.39, 0.29) is 5.54 Å². The molecular formula is C17H35N5. The minimum absolute atomic E-state index is 0.161. The number of likely N-dealkylation sites (tertiary alicyclic amines) is 1. The van der Waals surface area contributed by atoms with Crippen molar-refractivity contribution in [3.8, 4) is 0 Å². The van der Waals surface area contributed by atoms with Gasteiger partial charge >= 0.3 is 0 Å². The van der Waals surface area contributed by atoms with Crippen LogP contribution in [0.5, 0.6) is 0 Å². The second-order valence-corrected chi connectivity index (χ2v) is 7.33. The molecule has 128 valence electrons. The van der Waals surface area contributed by atoms with Gasteiger partial charge in [-0.05, 0) is 40.5 Å². The quantitative estimate of drug-likeness (QED) is 0.302. The van der Waals surface area contributed by atoms with Crippen LogP contribution in [0.15, 0.2) is 17.1 Å². The molecule has 0 aliphatic carbocycles. The van der Waals surface area contributed by atoms with E-state index in [0.717, 1.165) is 51.5 Å². The van der Waals surface area contributed by atoms with Crippen molar-refractivity contribution in [2.75, 3.05) is 39.8 Å². The van der Waals surface area contributed by atoms with Crippen molar-refractivity contribution in [2.45, 2.75) is 52.1 Å². The Hall–Kier alpha value is -1.07. The number of guanidine groups is 1. The molecule has 1 saturated heterocycles. The maximum atomic E-state index is 4.32. The standard InChI is InChI=1S/C17H35N5/c1-14(2)13-22-11-7-15(8-12-22)21-16(18-6)19-9-10-20-17(3,4)5/h15,20H,1,7-13H2,2-6H3,(H2,18,19,21). The zero-order chi connectivity index (χ0) is 16.6. The van der Waals surface area contributed by atoms with Gasteiger partial charge in [-0.2, -0.15) is 0 Å². The van der Waals surface area contributed by atoms with Gasteiger partial charge < -0.3 is 16.0 Å². The molecule has 5 nitrogen and oxygen atoms in total. The third kappa shape index (κ3) is 8.39. The minimum Gasteiger partial charge on any atom is -0.355 e. The molecule has 0 radical (unpaired) electrons. The van der Waals surface area contributed by atoms with E-state index >= 15 is 0 Å². The Labute approximate surface area is 136 Å². The fourth-order valence-corrected chi connectivity index (χ4v) is 2.62. The van der Waals surface area contributed by atoms with Crippen molar-refractivity contribution in [3.05, 3.63) is 12.2 Å². The predicted molar refractivity (Wildman–Crippen MR) is 96.5 cm³/mol. The van der Waals surface area contributed by atoms with Crippen molar-refractivity contribution >= 4 is 5.96 Å². The molecule has 0 amide bonds. The van der Waals surface area contributed by atoms with Crippen LogP contribution in [0.2, 0.25) is 0 Å². The highest BCUT2D eigenvalue weighted by atomic mass is 15.2. The van der Waals surface area contributed by atoms with Crippen LogP contribution in [0.3, 0.4) is 0 Å². The summed E-state index contributed by atoms with van der Waals surface area (Å²) in [5, 5.41) is 10.4. The van der Waals surface area contributed by atoms with Gasteiger partial charge in [0.15, 0.2) is 5.96 Å². The largest absolute Gasteiger partial charge is 0.355 e. The van der Waals surface area contributed by atoms with Crippen LogP contribution in [0.1, 0.15) is 40.5 Å². The molecule has 0 spiro atoms. The van der Waals surface area contributed by atoms with Crippen molar-refractivity contribution < 1.29 is 0 Å². The molecule has 0 bridgehead atoms. The van der Waals surface area contributed by atoms with E-state index in [9.17, 15) is 0 Å². The van der Waals surface area contributed by atoms with Crippen LogP contribution >= 0.6 is 0 Å². The lowest BCUT2D eigenvalue weighted by Crippen LogP contribution is -2.50. The highest BCUT2D eigenvalue weighted by Crippen LogP contribution is 2.11. The van der Waals surface area contributed by atoms with Gasteiger partial charge in [0.25, 0.3) is 0 Å². The van der Waals surface area contributed by atoms with Gasteiger partial charge in [-0.25, -0.2) is 0 Å². The van der Waals surface area contributed by atoms with Crippen molar-refractivity contribution in [1.29, 1.82) is 0 Å². The molecule has 1 rings (SSSR count). The van der Waals surface area contributed by atoms with Gasteiger partial charge in [0, 0.05) is 51.4 Å². The normalized spacial score (nSPS) is 18.3. The first-order chi connectivity index (χ1) is 10.3. The Morgan fingerprint density at radius 1 is 1.23 bits per heavy atom. The smallest absolute Gasteiger partial charge is 0.191 e. The third-order valence-corrected chi connectivity index (χ3v) is 3.72. The first-order valence-corrected chi connectivity index (χ1v) is 8.39. The molecule has 1 aliphatic heterocycles. The number of rotatable bonds is 6. The summed E-state index contributed by atoms with van der Waals surface area (Å²) < 4.78 is 0. The molecule has 1 aliphatic rings. The molecule has 1 heterocycles. The van der Waals surface area contributed by atoms with E-state index in [0.29, 0.717) is 6.04 Å². The fourth-order valence-electron chi connectivity index (χ4n) is 2.62. The van der Waals surface area contributed by atoms with Crippen molar-refractivity contribution in [3.63, 3.8) is 0 Å². The lowest BCUT2D eigenvalue weighted by molar-refractivity contribution is 0.221. The lowest BCUT2D eigenvalue weighted by atomic mass is 10.0. The van der Waals surface area contributed by atoms with Gasteiger partial charge in [-0.15, -0.1) is 0 Å². The molecule has 0 aromatic heterocycles. The molecule has 0 unspecified atom stereocenters. The van der Waals surface area contributed by atoms with E-state index in [1.807, 2.05) is 7.05 Å². The van der Waals surface area contributed by atoms with Crippen LogP contribution in [0.4, 0.5) is 0 Å². The van der Waals surface area contributed by atoms with E-state index in [4.69, 9.17) is 0 Å². The number of hydrogen-bond acceptors (Lipinski definition) is 3. The topological polar surface area (TPSA) is 51.7 Å². The summed E-state index contributed by atoms with van der Waals surface area (Å²) in [6.45, 7) is 17.7. The first-order valence-electron chi connectivity index (χ1n) is 8.39. The predicted octanol–water partition coefficient (Wildman–Crippen LogP) is 1.58. The summed E-state index contributed by atoms with van der Waals surface area (Å²) >= 11 is 0. The van der Waals surface area contributed by atoms with Crippen molar-refractivity contribution in [1.82, 2.24) is 20.9 Å². The maximum absolute atomic E-state index is 4.32. The third-order valence-electron chi connectivity index (χ3n) is 3.72. The molecule has 0 saturated carbocycles. The fraction of sp³-hybridized carbons (Fsp3) is 0.824. The van der Waals surface area contributed by atoms with E-state index in [1.54, 1.807) is 0 Å². The van der Waals surface area contributed by atoms with Crippen LogP contribution in [-0.2, 0) is 0 Å². The van der Waals surface area contributed by atoms with Gasteiger partial charge in [0.05, 0.1) is 0 Å². The highest BCUT2D eigenvalue weighted by molar-refractivity contribution is 5.79. The van der Waals surface area contributed by atoms with Gasteiger partial charge in [0.1, 0.15) is 0 Å². The number of nitrogens with zero attached hydrogens (tertiary/aromatic N) is 2. The SMILES string of the molecule is C=C(C)CN1CCC(NC(=NC)NCCNC(C)(C)C)CC1. The summed E-state index contributed by atoms with van der Waals surface area (Å²) in [6, 6.07) is 0.517. The molecule has 22 heavy (non-hydrogen) atoms. The lowest BCUT2D eigenvalue weighted by Gasteiger charge is -2.33. The van der Waals surface area contributed by atoms with E-state index in [1.165, 1.54) is 5.57 Å². The molecule has 0 aromatic carbocycles. The zero-order valence-electron chi connectivity index (χ0n) is 15.1. The Bertz CT molecular complexity index is 362. The monoisotopic (exact) mass is 309 g/mol. The van der Waals surface area contributed by atoms with Crippen LogP contribution < -0.4 is 16.0 Å². The average Bonchev–Trinajstić information content (AvgIpc) is 2.42. The molecule has 5 heteroatoms. The number of hydrogen-bond donors (Lipinski definition) is 3. The van der Waals surface area contributed by atoms with E-state index in [2.05, 4.69) is 60.1 Å². The Balaban J connectivity index is 2.23. The van der Waals surface area contributed by atoms with Crippen LogP contribution in [0.25, 0.3) is 0 Å². The number of piperidine rings is 1. The number of nitrogens with one attached hydrogen (secondary N) is 3. The summed E-state index contributed by atoms with van der Waals surface area (Å²) in [5.74, 6) is 0.911. The summed E-state index contributed by atoms with van der Waals surface area (Å²) in [7, 11) is 1.84. The number of aliphatic imine (C=N–C) groups is 1. The molecular weight excluding hydrogens is 274 g/mol. The van der Waals surface area contributed by atoms with Gasteiger partial charge in [0.2, 0.25) is 0 Å². The second-order valence-electron chi connectivity index (χ2n) is 7.33. The maximum Gasteiger partial charge on any atom is 0.191 e. The van der Waals surface area contributed by atoms with Gasteiger partial charge in [-0.1, -0.05) is 12.2 Å². The Morgan fingerprint density at radius 2 is 1.86 bits per heavy atom. The molecule has 1 fully saturated rings. The molecule has 3 N–H and O–H groups in total. The minimum atomic E-state index is 0.161. The summed E-state index contributed by atoms with van der Waals surface area (Å²) in [6.07, 6.45) is 2.32. The van der Waals surface area contributed by atoms with Crippen LogP contribution in [0, 0.1) is 0 Å².